The van der Waals surface area contributed by atoms with Crippen molar-refractivity contribution in [2.45, 2.75) is 249 Å². The first-order valence-corrected chi connectivity index (χ1v) is 27.3. The quantitative estimate of drug-likeness (QED) is 0.0538. The van der Waals surface area contributed by atoms with Crippen molar-refractivity contribution in [3.8, 4) is 0 Å². The second kappa shape index (κ2) is 29.9. The molecule has 0 bridgehead atoms. The molecule has 7 fully saturated rings. The lowest BCUT2D eigenvalue weighted by molar-refractivity contribution is -0.397. The van der Waals surface area contributed by atoms with Crippen molar-refractivity contribution in [2.24, 2.45) is 0 Å². The van der Waals surface area contributed by atoms with E-state index in [0.717, 1.165) is 20.8 Å². The molecule has 37 heteroatoms. The molecule has 0 saturated carbocycles. The zero-order valence-electron chi connectivity index (χ0n) is 46.3. The van der Waals surface area contributed by atoms with Gasteiger partial charge in [-0.15, -0.1) is 0 Å². The maximum absolute atomic E-state index is 12.7. The highest BCUT2D eigenvalue weighted by atomic mass is 16.8. The van der Waals surface area contributed by atoms with E-state index in [-0.39, 0.29) is 0 Å². The van der Waals surface area contributed by atoms with Crippen LogP contribution in [-0.2, 0) is 76.0 Å². The van der Waals surface area contributed by atoms with Gasteiger partial charge in [-0.25, -0.2) is 0 Å². The third-order valence-electron chi connectivity index (χ3n) is 15.7. The number of carbonyl (C=O) groups is 3. The van der Waals surface area contributed by atoms with E-state index in [1.54, 1.807) is 0 Å². The Morgan fingerprint density at radius 3 is 1.22 bits per heavy atom. The van der Waals surface area contributed by atoms with Crippen LogP contribution in [0.3, 0.4) is 0 Å². The van der Waals surface area contributed by atoms with Crippen LogP contribution in [0.4, 0.5) is 0 Å². The van der Waals surface area contributed by atoms with Gasteiger partial charge in [0.15, 0.2) is 44.0 Å². The van der Waals surface area contributed by atoms with E-state index in [4.69, 9.17) is 61.6 Å². The van der Waals surface area contributed by atoms with Gasteiger partial charge in [0.05, 0.1) is 45.2 Å². The van der Waals surface area contributed by atoms with Gasteiger partial charge in [0.2, 0.25) is 17.7 Å². The molecule has 35 atom stereocenters. The number of ether oxygens (including phenoxy) is 13. The van der Waals surface area contributed by atoms with Gasteiger partial charge in [0, 0.05) is 20.8 Å². The number of aliphatic hydroxyl groups excluding tert-OH is 18. The predicted molar refractivity (Wildman–Crippen MR) is 264 cm³/mol. The van der Waals surface area contributed by atoms with Gasteiger partial charge in [-0.2, -0.15) is 0 Å². The summed E-state index contributed by atoms with van der Waals surface area (Å²) in [5, 5.41) is 204. The van der Waals surface area contributed by atoms with Gasteiger partial charge in [0.25, 0.3) is 0 Å². The molecule has 492 valence electrons. The minimum Gasteiger partial charge on any atom is -0.394 e. The van der Waals surface area contributed by atoms with E-state index >= 15 is 0 Å². The fourth-order valence-corrected chi connectivity index (χ4v) is 11.0. The lowest BCUT2D eigenvalue weighted by atomic mass is 9.94. The van der Waals surface area contributed by atoms with Gasteiger partial charge in [-0.3, -0.25) is 14.4 Å². The van der Waals surface area contributed by atoms with E-state index in [2.05, 4.69) is 16.0 Å². The maximum Gasteiger partial charge on any atom is 0.217 e. The van der Waals surface area contributed by atoms with E-state index in [1.807, 2.05) is 0 Å². The lowest BCUT2D eigenvalue weighted by Crippen LogP contribution is -2.70. The van der Waals surface area contributed by atoms with Gasteiger partial charge in [-0.1, -0.05) is 0 Å². The molecule has 0 aromatic rings. The van der Waals surface area contributed by atoms with E-state index in [0.29, 0.717) is 0 Å². The summed E-state index contributed by atoms with van der Waals surface area (Å²) in [4.78, 5) is 37.8. The molecule has 0 aliphatic carbocycles. The van der Waals surface area contributed by atoms with Crippen molar-refractivity contribution in [2.75, 3.05) is 33.0 Å². The Labute approximate surface area is 483 Å². The van der Waals surface area contributed by atoms with E-state index in [9.17, 15) is 106 Å². The summed E-state index contributed by atoms with van der Waals surface area (Å²) in [7, 11) is 0. The Bertz CT molecular complexity index is 2150. The molecule has 37 nitrogen and oxygen atoms in total. The van der Waals surface area contributed by atoms with Crippen LogP contribution in [0.1, 0.15) is 34.6 Å². The molecular weight excluding hydrogens is 1160 g/mol. The van der Waals surface area contributed by atoms with E-state index < -0.39 is 266 Å². The first kappa shape index (κ1) is 69.6. The number of amides is 3. The highest BCUT2D eigenvalue weighted by Gasteiger charge is 2.59. The summed E-state index contributed by atoms with van der Waals surface area (Å²) in [6.45, 7) is 0.745. The monoisotopic (exact) mass is 1240 g/mol. The minimum absolute atomic E-state index is 0.801. The first-order chi connectivity index (χ1) is 40.1. The largest absolute Gasteiger partial charge is 0.394 e. The molecule has 7 saturated heterocycles. The average Bonchev–Trinajstić information content (AvgIpc) is 1.90. The fraction of sp³-hybridized carbons (Fsp3) is 0.938. The molecular formula is C48H81N3O34. The summed E-state index contributed by atoms with van der Waals surface area (Å²) in [6, 6.07) is -5.23. The maximum atomic E-state index is 12.7. The molecule has 3 amide bonds. The standard InChI is InChI=1S/C48H81N3O34/c1-11-24(59)32(67)35(70)45(74-11)84-40-34(69)27(62)17(7-53)78-47(40)81-37-19(9-55)80-43(22(31(37)66)50-14(4)57)73-10-20-29(64)38(23(42(72)76-20)51-15(5)58)82-48-41(85-46-36(71)33(68)25(60)12(2)75-46)39(28(63)18(8-54)79-48)83-44-21(49-13(3)56)30(65)26(61)16(6-52)77-44/h11-12,16-48,52-55,59-72H,6-10H2,1-5H3,(H,49,56)(H,50,57)(H,51,58)/t11-,12-,16+,17+,18+,19+,20+,21+,22+,23+,24+,25+,26-,27-,28-,29-,30+,31+,32+,33+,34-,35-,36-,37+,38+,39-,40+,41+,42?,43+,44+,45-,46-,47-,48-/m0/s1. The third kappa shape index (κ3) is 15.3. The van der Waals surface area contributed by atoms with Crippen molar-refractivity contribution >= 4 is 17.7 Å². The molecule has 7 aliphatic heterocycles. The molecule has 0 radical (unpaired) electrons. The van der Waals surface area contributed by atoms with Gasteiger partial charge in [0.1, 0.15) is 159 Å². The highest BCUT2D eigenvalue weighted by molar-refractivity contribution is 5.74. The molecule has 7 heterocycles. The summed E-state index contributed by atoms with van der Waals surface area (Å²) in [5.41, 5.74) is 0. The Morgan fingerprint density at radius 1 is 0.329 bits per heavy atom. The Balaban J connectivity index is 1.16. The Hall–Kier alpha value is -2.83. The van der Waals surface area contributed by atoms with Crippen molar-refractivity contribution in [1.29, 1.82) is 0 Å². The number of nitrogens with one attached hydrogen (secondary N) is 3. The van der Waals surface area contributed by atoms with Crippen molar-refractivity contribution in [3.63, 3.8) is 0 Å². The molecule has 7 rings (SSSR count). The molecule has 85 heavy (non-hydrogen) atoms. The smallest absolute Gasteiger partial charge is 0.217 e. The van der Waals surface area contributed by atoms with Gasteiger partial charge in [-0.05, 0) is 13.8 Å². The zero-order chi connectivity index (χ0) is 62.8. The van der Waals surface area contributed by atoms with E-state index in [1.165, 1.54) is 13.8 Å². The summed E-state index contributed by atoms with van der Waals surface area (Å²) >= 11 is 0. The highest BCUT2D eigenvalue weighted by Crippen LogP contribution is 2.38. The van der Waals surface area contributed by atoms with Crippen molar-refractivity contribution in [3.05, 3.63) is 0 Å². The van der Waals surface area contributed by atoms with Crippen LogP contribution in [0.5, 0.6) is 0 Å². The van der Waals surface area contributed by atoms with Crippen LogP contribution < -0.4 is 16.0 Å². The second-order valence-electron chi connectivity index (χ2n) is 21.8. The number of hydrogen-bond donors (Lipinski definition) is 21. The van der Waals surface area contributed by atoms with Crippen molar-refractivity contribution < 1.29 is 168 Å². The molecule has 21 N–H and O–H groups in total. The molecule has 7 aliphatic rings. The number of aliphatic hydroxyl groups is 18. The van der Waals surface area contributed by atoms with Gasteiger partial charge >= 0.3 is 0 Å². The summed E-state index contributed by atoms with van der Waals surface area (Å²) in [5.74, 6) is -2.50. The average molecular weight is 1240 g/mol. The molecule has 1 unspecified atom stereocenters. The second-order valence-corrected chi connectivity index (χ2v) is 21.8. The topological polar surface area (TPSA) is 571 Å². The molecule has 0 aromatic heterocycles. The summed E-state index contributed by atoms with van der Waals surface area (Å²) in [6.07, 6.45) is -59.9. The Kier molecular flexibility index (Phi) is 24.5. The Morgan fingerprint density at radius 2 is 0.718 bits per heavy atom. The zero-order valence-corrected chi connectivity index (χ0v) is 46.3. The van der Waals surface area contributed by atoms with Crippen molar-refractivity contribution in [1.82, 2.24) is 16.0 Å². The van der Waals surface area contributed by atoms with Crippen LogP contribution in [0.25, 0.3) is 0 Å². The van der Waals surface area contributed by atoms with Crippen LogP contribution in [-0.4, -0.2) is 357 Å². The SMILES string of the molecule is CC(=O)N[C@H]1[C@H](OC[C@H]2OC(O)[C@H](NC(C)=O)[C@@H](O[C@@H]3O[C@H](CO)[C@H](O)[C@H](O[C@H]4O[C@H](CO)[C@H](O)[C@H](O)[C@H]4NC(C)=O)[C@H]3O[C@@H]3O[C@@H](C)[C@@H](O)[C@@H](O)[C@@H]3O)[C@H]2O)O[C@H](CO)[C@@H](O[C@@H]2O[C@H](CO)[C@H](O)[C@H](O)[C@H]2O[C@@H]2O[C@@H](C)[C@@H](O)[C@@H](O)[C@@H]2O)[C@@H]1O. The minimum atomic E-state index is -2.18. The molecule has 0 aromatic carbocycles. The number of rotatable bonds is 20. The lowest BCUT2D eigenvalue weighted by Gasteiger charge is -2.51. The fourth-order valence-electron chi connectivity index (χ4n) is 11.0. The molecule has 0 spiro atoms. The van der Waals surface area contributed by atoms with Crippen LogP contribution in [0.15, 0.2) is 0 Å². The predicted octanol–water partition coefficient (Wildman–Crippen LogP) is -13.8. The summed E-state index contributed by atoms with van der Waals surface area (Å²) < 4.78 is 76.6. The van der Waals surface area contributed by atoms with Gasteiger partial charge < -0.3 is 169 Å². The van der Waals surface area contributed by atoms with Crippen LogP contribution in [0.2, 0.25) is 0 Å². The number of carbonyl (C=O) groups excluding carboxylic acids is 3. The normalized spacial score (nSPS) is 49.8. The number of hydrogen-bond acceptors (Lipinski definition) is 34. The third-order valence-corrected chi connectivity index (χ3v) is 15.7. The van der Waals surface area contributed by atoms with Crippen LogP contribution in [0, 0.1) is 0 Å². The first-order valence-electron chi connectivity index (χ1n) is 27.3. The van der Waals surface area contributed by atoms with Crippen LogP contribution >= 0.6 is 0 Å².